The first-order chi connectivity index (χ1) is 13.5. The second-order valence-electron chi connectivity index (χ2n) is 5.87. The van der Waals surface area contributed by atoms with Crippen molar-refractivity contribution < 1.29 is 17.9 Å². The molecular weight excluding hydrogens is 400 g/mol. The highest BCUT2D eigenvalue weighted by molar-refractivity contribution is 7.90. The molecule has 8 heteroatoms. The van der Waals surface area contributed by atoms with Gasteiger partial charge in [0.25, 0.3) is 10.0 Å². The van der Waals surface area contributed by atoms with Gasteiger partial charge in [0.05, 0.1) is 5.69 Å². The molecule has 0 aliphatic rings. The van der Waals surface area contributed by atoms with Crippen LogP contribution in [0, 0.1) is 0 Å². The largest absolute Gasteiger partial charge is 0.349 e. The molecule has 0 atom stereocenters. The van der Waals surface area contributed by atoms with E-state index in [4.69, 9.17) is 21.1 Å². The molecule has 0 saturated carbocycles. The van der Waals surface area contributed by atoms with Crippen molar-refractivity contribution in [1.82, 2.24) is 8.96 Å². The van der Waals surface area contributed by atoms with Crippen LogP contribution < -0.4 is 0 Å². The number of aromatic nitrogens is 2. The number of hydrogen-bond acceptors (Lipinski definition) is 5. The minimum absolute atomic E-state index is 0.0785. The highest BCUT2D eigenvalue weighted by atomic mass is 35.5. The highest BCUT2D eigenvalue weighted by Gasteiger charge is 2.25. The van der Waals surface area contributed by atoms with E-state index < -0.39 is 16.3 Å². The van der Waals surface area contributed by atoms with Crippen LogP contribution in [0.5, 0.6) is 0 Å². The van der Waals surface area contributed by atoms with Crippen LogP contribution >= 0.6 is 11.6 Å². The summed E-state index contributed by atoms with van der Waals surface area (Å²) in [5.74, 6) is 0. The minimum Gasteiger partial charge on any atom is -0.349 e. The summed E-state index contributed by atoms with van der Waals surface area (Å²) in [6, 6.07) is 11.9. The molecular formula is C20H21ClN2O4S. The van der Waals surface area contributed by atoms with Gasteiger partial charge in [0.1, 0.15) is 4.90 Å². The Kier molecular flexibility index (Phi) is 6.51. The average molecular weight is 421 g/mol. The molecule has 0 unspecified atom stereocenters. The van der Waals surface area contributed by atoms with Gasteiger partial charge in [-0.15, -0.1) is 0 Å². The van der Waals surface area contributed by atoms with E-state index in [0.29, 0.717) is 35.1 Å². The second-order valence-corrected chi connectivity index (χ2v) is 8.09. The molecule has 2 aromatic heterocycles. The molecule has 6 nitrogen and oxygen atoms in total. The fraction of sp³-hybridized carbons (Fsp3) is 0.250. The van der Waals surface area contributed by atoms with Crippen LogP contribution in [0.15, 0.2) is 66.0 Å². The number of pyridine rings is 1. The van der Waals surface area contributed by atoms with Gasteiger partial charge in [0.2, 0.25) is 0 Å². The number of nitrogens with zero attached hydrogens (tertiary/aromatic N) is 2. The first-order valence-corrected chi connectivity index (χ1v) is 10.7. The summed E-state index contributed by atoms with van der Waals surface area (Å²) in [7, 11) is -3.89. The molecule has 0 spiro atoms. The van der Waals surface area contributed by atoms with Crippen molar-refractivity contribution in [3.8, 4) is 11.3 Å². The summed E-state index contributed by atoms with van der Waals surface area (Å²) in [4.78, 5) is 4.01. The van der Waals surface area contributed by atoms with Crippen LogP contribution in [-0.2, 0) is 19.5 Å². The summed E-state index contributed by atoms with van der Waals surface area (Å²) in [6.07, 6.45) is 3.67. The minimum atomic E-state index is -3.89. The standard InChI is InChI=1S/C20H21ClN2O4S/c1-3-26-20(27-4-2)15-12-19(17-9-5-6-10-18(17)21)23(14-15)28(24,25)16-8-7-11-22-13-16/h5-14,20H,3-4H2,1-2H3. The number of rotatable bonds is 8. The molecule has 0 fully saturated rings. The van der Waals surface area contributed by atoms with Gasteiger partial charge in [-0.2, -0.15) is 0 Å². The Bertz CT molecular complexity index is 1030. The molecule has 0 bridgehead atoms. The van der Waals surface area contributed by atoms with Crippen LogP contribution in [0.2, 0.25) is 5.02 Å². The third kappa shape index (κ3) is 4.12. The van der Waals surface area contributed by atoms with Crippen LogP contribution in [0.25, 0.3) is 11.3 Å². The molecule has 148 valence electrons. The predicted molar refractivity (Wildman–Crippen MR) is 108 cm³/mol. The first-order valence-electron chi connectivity index (χ1n) is 8.85. The average Bonchev–Trinajstić information content (AvgIpc) is 3.15. The Morgan fingerprint density at radius 3 is 2.43 bits per heavy atom. The fourth-order valence-electron chi connectivity index (χ4n) is 2.81. The van der Waals surface area contributed by atoms with E-state index >= 15 is 0 Å². The number of benzene rings is 1. The van der Waals surface area contributed by atoms with E-state index in [2.05, 4.69) is 4.98 Å². The van der Waals surface area contributed by atoms with Gasteiger partial charge in [-0.3, -0.25) is 4.98 Å². The summed E-state index contributed by atoms with van der Waals surface area (Å²) in [5.41, 5.74) is 1.61. The monoisotopic (exact) mass is 420 g/mol. The van der Waals surface area contributed by atoms with E-state index in [-0.39, 0.29) is 4.90 Å². The van der Waals surface area contributed by atoms with Gasteiger partial charge in [0, 0.05) is 48.0 Å². The Morgan fingerprint density at radius 1 is 1.11 bits per heavy atom. The lowest BCUT2D eigenvalue weighted by molar-refractivity contribution is -0.140. The Balaban J connectivity index is 2.21. The SMILES string of the molecule is CCOC(OCC)c1cc(-c2ccccc2Cl)n(S(=O)(=O)c2cccnc2)c1. The van der Waals surface area contributed by atoms with Gasteiger partial charge < -0.3 is 9.47 Å². The maximum Gasteiger partial charge on any atom is 0.269 e. The maximum atomic E-state index is 13.3. The molecule has 0 aliphatic carbocycles. The Morgan fingerprint density at radius 2 is 1.82 bits per heavy atom. The molecule has 3 rings (SSSR count). The van der Waals surface area contributed by atoms with E-state index in [1.807, 2.05) is 13.8 Å². The predicted octanol–water partition coefficient (Wildman–Crippen LogP) is 4.51. The topological polar surface area (TPSA) is 70.4 Å². The molecule has 1 aromatic carbocycles. The Labute approximate surface area is 169 Å². The molecule has 28 heavy (non-hydrogen) atoms. The van der Waals surface area contributed by atoms with Crippen molar-refractivity contribution in [2.24, 2.45) is 0 Å². The number of hydrogen-bond donors (Lipinski definition) is 0. The molecule has 0 amide bonds. The summed E-state index contributed by atoms with van der Waals surface area (Å²) < 4.78 is 39.1. The zero-order chi connectivity index (χ0) is 20.1. The van der Waals surface area contributed by atoms with Crippen molar-refractivity contribution in [2.75, 3.05) is 13.2 Å². The van der Waals surface area contributed by atoms with E-state index in [0.717, 1.165) is 0 Å². The van der Waals surface area contributed by atoms with Gasteiger partial charge in [0.15, 0.2) is 6.29 Å². The number of ether oxygens (including phenoxy) is 2. The van der Waals surface area contributed by atoms with Gasteiger partial charge in [-0.1, -0.05) is 29.8 Å². The van der Waals surface area contributed by atoms with E-state index in [1.165, 1.54) is 28.6 Å². The van der Waals surface area contributed by atoms with Crippen LogP contribution in [-0.4, -0.2) is 30.6 Å². The summed E-state index contributed by atoms with van der Waals surface area (Å²) in [6.45, 7) is 4.55. The van der Waals surface area contributed by atoms with Crippen molar-refractivity contribution in [2.45, 2.75) is 25.0 Å². The molecule has 3 aromatic rings. The third-order valence-electron chi connectivity index (χ3n) is 4.06. The van der Waals surface area contributed by atoms with E-state index in [9.17, 15) is 8.42 Å². The lowest BCUT2D eigenvalue weighted by atomic mass is 10.1. The normalized spacial score (nSPS) is 11.9. The quantitative estimate of drug-likeness (QED) is 0.501. The molecule has 0 aliphatic heterocycles. The Hall–Kier alpha value is -2.19. The molecule has 0 radical (unpaired) electrons. The molecule has 2 heterocycles. The van der Waals surface area contributed by atoms with Crippen molar-refractivity contribution >= 4 is 21.6 Å². The zero-order valence-electron chi connectivity index (χ0n) is 15.6. The first kappa shape index (κ1) is 20.5. The maximum absolute atomic E-state index is 13.3. The third-order valence-corrected chi connectivity index (χ3v) is 6.04. The zero-order valence-corrected chi connectivity index (χ0v) is 17.2. The smallest absolute Gasteiger partial charge is 0.269 e. The lowest BCUT2D eigenvalue weighted by Crippen LogP contribution is -2.14. The summed E-state index contributed by atoms with van der Waals surface area (Å²) in [5, 5.41) is 0.444. The van der Waals surface area contributed by atoms with Gasteiger partial charge in [-0.05, 0) is 38.1 Å². The van der Waals surface area contributed by atoms with Crippen molar-refractivity contribution in [3.63, 3.8) is 0 Å². The molecule has 0 saturated heterocycles. The van der Waals surface area contributed by atoms with Crippen molar-refractivity contribution in [3.05, 3.63) is 71.6 Å². The summed E-state index contributed by atoms with van der Waals surface area (Å²) >= 11 is 6.35. The molecule has 0 N–H and O–H groups in total. The highest BCUT2D eigenvalue weighted by Crippen LogP contribution is 2.34. The van der Waals surface area contributed by atoms with Gasteiger partial charge >= 0.3 is 0 Å². The second kappa shape index (κ2) is 8.87. The van der Waals surface area contributed by atoms with E-state index in [1.54, 1.807) is 36.4 Å². The number of halogens is 1. The van der Waals surface area contributed by atoms with Gasteiger partial charge in [-0.25, -0.2) is 12.4 Å². The van der Waals surface area contributed by atoms with Crippen LogP contribution in [0.4, 0.5) is 0 Å². The fourth-order valence-corrected chi connectivity index (χ4v) is 4.39. The van der Waals surface area contributed by atoms with Crippen molar-refractivity contribution in [1.29, 1.82) is 0 Å². The van der Waals surface area contributed by atoms with Crippen LogP contribution in [0.1, 0.15) is 25.7 Å². The van der Waals surface area contributed by atoms with Crippen LogP contribution in [0.3, 0.4) is 0 Å². The lowest BCUT2D eigenvalue weighted by Gasteiger charge is -2.15.